The highest BCUT2D eigenvalue weighted by molar-refractivity contribution is 5.94. The van der Waals surface area contributed by atoms with Crippen LogP contribution in [0.4, 0.5) is 0 Å². The van der Waals surface area contributed by atoms with Gasteiger partial charge in [0.25, 0.3) is 5.91 Å². The van der Waals surface area contributed by atoms with E-state index in [1.165, 1.54) is 0 Å². The SMILES string of the molecule is COCCOCCCCNC(=O)c1cccc(CCN)c1. The summed E-state index contributed by atoms with van der Waals surface area (Å²) in [6.07, 6.45) is 2.62. The molecule has 0 spiro atoms. The fraction of sp³-hybridized carbons (Fsp3) is 0.562. The monoisotopic (exact) mass is 294 g/mol. The van der Waals surface area contributed by atoms with Crippen LogP contribution in [0.25, 0.3) is 0 Å². The fourth-order valence-corrected chi connectivity index (χ4v) is 1.91. The molecule has 118 valence electrons. The summed E-state index contributed by atoms with van der Waals surface area (Å²) in [5, 5.41) is 2.92. The normalized spacial score (nSPS) is 10.6. The van der Waals surface area contributed by atoms with Gasteiger partial charge in [0.1, 0.15) is 0 Å². The number of hydrogen-bond donors (Lipinski definition) is 2. The number of benzene rings is 1. The van der Waals surface area contributed by atoms with Crippen LogP contribution in [0.15, 0.2) is 24.3 Å². The van der Waals surface area contributed by atoms with Gasteiger partial charge in [0.05, 0.1) is 13.2 Å². The first-order chi connectivity index (χ1) is 10.3. The molecule has 0 heterocycles. The predicted octanol–water partition coefficient (Wildman–Crippen LogP) is 1.36. The number of amides is 1. The lowest BCUT2D eigenvalue weighted by atomic mass is 10.1. The molecule has 0 unspecified atom stereocenters. The molecule has 1 rings (SSSR count). The highest BCUT2D eigenvalue weighted by Crippen LogP contribution is 2.05. The van der Waals surface area contributed by atoms with E-state index in [1.807, 2.05) is 24.3 Å². The largest absolute Gasteiger partial charge is 0.382 e. The molecule has 0 aromatic heterocycles. The number of unbranched alkanes of at least 4 members (excludes halogenated alkanes) is 1. The highest BCUT2D eigenvalue weighted by atomic mass is 16.5. The van der Waals surface area contributed by atoms with Crippen LogP contribution in [0.3, 0.4) is 0 Å². The molecule has 21 heavy (non-hydrogen) atoms. The van der Waals surface area contributed by atoms with Crippen LogP contribution in [-0.2, 0) is 15.9 Å². The van der Waals surface area contributed by atoms with Crippen molar-refractivity contribution in [3.8, 4) is 0 Å². The summed E-state index contributed by atoms with van der Waals surface area (Å²) >= 11 is 0. The first-order valence-corrected chi connectivity index (χ1v) is 7.42. The quantitative estimate of drug-likeness (QED) is 0.604. The third-order valence-corrected chi connectivity index (χ3v) is 3.05. The van der Waals surface area contributed by atoms with Crippen molar-refractivity contribution in [2.45, 2.75) is 19.3 Å². The van der Waals surface area contributed by atoms with Crippen LogP contribution >= 0.6 is 0 Å². The minimum atomic E-state index is -0.0332. The third-order valence-electron chi connectivity index (χ3n) is 3.05. The van der Waals surface area contributed by atoms with Crippen LogP contribution in [0.5, 0.6) is 0 Å². The molecule has 0 bridgehead atoms. The summed E-state index contributed by atoms with van der Waals surface area (Å²) in [6, 6.07) is 7.60. The molecule has 1 amide bonds. The van der Waals surface area contributed by atoms with Gasteiger partial charge in [-0.3, -0.25) is 4.79 Å². The maximum Gasteiger partial charge on any atom is 0.251 e. The highest BCUT2D eigenvalue weighted by Gasteiger charge is 2.05. The van der Waals surface area contributed by atoms with E-state index in [4.69, 9.17) is 15.2 Å². The van der Waals surface area contributed by atoms with Gasteiger partial charge in [0.15, 0.2) is 0 Å². The molecule has 0 atom stereocenters. The Morgan fingerprint density at radius 1 is 1.24 bits per heavy atom. The van der Waals surface area contributed by atoms with E-state index in [1.54, 1.807) is 7.11 Å². The smallest absolute Gasteiger partial charge is 0.251 e. The number of ether oxygens (including phenoxy) is 2. The second-order valence-corrected chi connectivity index (χ2v) is 4.81. The predicted molar refractivity (Wildman–Crippen MR) is 83.5 cm³/mol. The molecule has 1 aromatic carbocycles. The van der Waals surface area contributed by atoms with Crippen molar-refractivity contribution in [2.75, 3.05) is 40.0 Å². The van der Waals surface area contributed by atoms with Crippen LogP contribution in [0.1, 0.15) is 28.8 Å². The third kappa shape index (κ3) is 7.80. The van der Waals surface area contributed by atoms with Gasteiger partial charge in [-0.15, -0.1) is 0 Å². The summed E-state index contributed by atoms with van der Waals surface area (Å²) in [6.45, 7) is 3.19. The average Bonchev–Trinajstić information content (AvgIpc) is 2.50. The molecule has 0 saturated carbocycles. The molecular weight excluding hydrogens is 268 g/mol. The second-order valence-electron chi connectivity index (χ2n) is 4.81. The van der Waals surface area contributed by atoms with Crippen molar-refractivity contribution in [3.05, 3.63) is 35.4 Å². The van der Waals surface area contributed by atoms with Crippen LogP contribution in [0.2, 0.25) is 0 Å². The Balaban J connectivity index is 2.17. The van der Waals surface area contributed by atoms with E-state index < -0.39 is 0 Å². The zero-order valence-corrected chi connectivity index (χ0v) is 12.8. The molecule has 5 heteroatoms. The van der Waals surface area contributed by atoms with Gasteiger partial charge >= 0.3 is 0 Å². The van der Waals surface area contributed by atoms with E-state index in [9.17, 15) is 4.79 Å². The van der Waals surface area contributed by atoms with Gasteiger partial charge in [0, 0.05) is 25.8 Å². The van der Waals surface area contributed by atoms with E-state index >= 15 is 0 Å². The summed E-state index contributed by atoms with van der Waals surface area (Å²) in [5.41, 5.74) is 7.31. The summed E-state index contributed by atoms with van der Waals surface area (Å²) in [5.74, 6) is -0.0332. The van der Waals surface area contributed by atoms with Gasteiger partial charge < -0.3 is 20.5 Å². The zero-order valence-electron chi connectivity index (χ0n) is 12.8. The van der Waals surface area contributed by atoms with Gasteiger partial charge in [-0.1, -0.05) is 12.1 Å². The Morgan fingerprint density at radius 3 is 2.86 bits per heavy atom. The Labute approximate surface area is 126 Å². The molecule has 0 saturated heterocycles. The Hall–Kier alpha value is -1.43. The molecule has 0 radical (unpaired) electrons. The number of hydrogen-bond acceptors (Lipinski definition) is 4. The standard InChI is InChI=1S/C16H26N2O3/c1-20-11-12-21-10-3-2-9-18-16(19)15-6-4-5-14(13-15)7-8-17/h4-6,13H,2-3,7-12,17H2,1H3,(H,18,19). The topological polar surface area (TPSA) is 73.6 Å². The Kier molecular flexibility index (Phi) is 9.44. The van der Waals surface area contributed by atoms with Crippen LogP contribution in [0, 0.1) is 0 Å². The maximum atomic E-state index is 12.0. The molecule has 0 aliphatic rings. The zero-order chi connectivity index (χ0) is 15.3. The second kappa shape index (κ2) is 11.3. The van der Waals surface area contributed by atoms with Gasteiger partial charge in [-0.25, -0.2) is 0 Å². The van der Waals surface area contributed by atoms with Gasteiger partial charge in [0.2, 0.25) is 0 Å². The number of rotatable bonds is 11. The summed E-state index contributed by atoms with van der Waals surface area (Å²) < 4.78 is 10.2. The van der Waals surface area contributed by atoms with Crippen LogP contribution < -0.4 is 11.1 Å². The lowest BCUT2D eigenvalue weighted by Crippen LogP contribution is -2.24. The summed E-state index contributed by atoms with van der Waals surface area (Å²) in [4.78, 5) is 12.0. The molecule has 0 aliphatic carbocycles. The molecule has 0 fully saturated rings. The summed E-state index contributed by atoms with van der Waals surface area (Å²) in [7, 11) is 1.65. The molecule has 3 N–H and O–H groups in total. The van der Waals surface area contributed by atoms with Crippen molar-refractivity contribution in [3.63, 3.8) is 0 Å². The van der Waals surface area contributed by atoms with Gasteiger partial charge in [-0.05, 0) is 43.5 Å². The number of carbonyl (C=O) groups excluding carboxylic acids is 1. The van der Waals surface area contributed by atoms with E-state index in [-0.39, 0.29) is 5.91 Å². The van der Waals surface area contributed by atoms with E-state index in [0.29, 0.717) is 38.5 Å². The molecule has 0 aliphatic heterocycles. The number of carbonyl (C=O) groups is 1. The average molecular weight is 294 g/mol. The van der Waals surface area contributed by atoms with Gasteiger partial charge in [-0.2, -0.15) is 0 Å². The maximum absolute atomic E-state index is 12.0. The number of methoxy groups -OCH3 is 1. The minimum absolute atomic E-state index is 0.0332. The van der Waals surface area contributed by atoms with E-state index in [2.05, 4.69) is 5.32 Å². The molecule has 1 aromatic rings. The van der Waals surface area contributed by atoms with Crippen LogP contribution in [-0.4, -0.2) is 45.9 Å². The van der Waals surface area contributed by atoms with Crippen molar-refractivity contribution in [2.24, 2.45) is 5.73 Å². The lowest BCUT2D eigenvalue weighted by molar-refractivity contribution is 0.0686. The Bertz CT molecular complexity index is 410. The Morgan fingerprint density at radius 2 is 2.10 bits per heavy atom. The first-order valence-electron chi connectivity index (χ1n) is 7.42. The van der Waals surface area contributed by atoms with Crippen molar-refractivity contribution in [1.82, 2.24) is 5.32 Å². The lowest BCUT2D eigenvalue weighted by Gasteiger charge is -2.07. The molecular formula is C16H26N2O3. The first kappa shape index (κ1) is 17.6. The van der Waals surface area contributed by atoms with E-state index in [0.717, 1.165) is 24.8 Å². The number of nitrogens with two attached hydrogens (primary N) is 1. The van der Waals surface area contributed by atoms with Crippen molar-refractivity contribution in [1.29, 1.82) is 0 Å². The fourth-order valence-electron chi connectivity index (χ4n) is 1.91. The minimum Gasteiger partial charge on any atom is -0.382 e. The molecule has 5 nitrogen and oxygen atoms in total. The van der Waals surface area contributed by atoms with Crippen molar-refractivity contribution < 1.29 is 14.3 Å². The number of nitrogens with one attached hydrogen (secondary N) is 1. The van der Waals surface area contributed by atoms with Crippen molar-refractivity contribution >= 4 is 5.91 Å².